The molecule has 6 heteroatoms. The molecule has 2 N–H and O–H groups in total. The number of aromatic carboxylic acids is 1. The van der Waals surface area contributed by atoms with Gasteiger partial charge in [-0.05, 0) is 25.1 Å². The number of carboxylic acids is 1. The molecule has 0 saturated carbocycles. The van der Waals surface area contributed by atoms with Gasteiger partial charge in [0.05, 0.1) is 17.7 Å². The van der Waals surface area contributed by atoms with Crippen LogP contribution < -0.4 is 0 Å². The van der Waals surface area contributed by atoms with Crippen molar-refractivity contribution >= 4 is 17.5 Å². The summed E-state index contributed by atoms with van der Waals surface area (Å²) in [5, 5.41) is 27.2. The lowest BCUT2D eigenvalue weighted by Gasteiger charge is -2.05. The second-order valence-electron chi connectivity index (χ2n) is 3.46. The van der Waals surface area contributed by atoms with Gasteiger partial charge < -0.3 is 14.9 Å². The van der Waals surface area contributed by atoms with Gasteiger partial charge in [-0.3, -0.25) is 0 Å². The number of rotatable bonds is 4. The van der Waals surface area contributed by atoms with Crippen LogP contribution in [0.15, 0.2) is 24.3 Å². The first-order valence-electron chi connectivity index (χ1n) is 5.34. The number of ether oxygens (including phenoxy) is 1. The minimum absolute atomic E-state index is 0.0425. The van der Waals surface area contributed by atoms with Crippen LogP contribution >= 0.6 is 0 Å². The van der Waals surface area contributed by atoms with Gasteiger partial charge in [0.15, 0.2) is 0 Å². The number of nitriles is 1. The summed E-state index contributed by atoms with van der Waals surface area (Å²) < 4.78 is 4.66. The number of nitrogens with zero attached hydrogens (tertiary/aromatic N) is 1. The molecule has 0 saturated heterocycles. The van der Waals surface area contributed by atoms with Crippen molar-refractivity contribution in [2.45, 2.75) is 6.92 Å². The van der Waals surface area contributed by atoms with Gasteiger partial charge in [0.1, 0.15) is 11.8 Å². The average molecular weight is 261 g/mol. The molecule has 0 aromatic heterocycles. The fourth-order valence-corrected chi connectivity index (χ4v) is 1.42. The van der Waals surface area contributed by atoms with Gasteiger partial charge in [0.25, 0.3) is 0 Å². The highest BCUT2D eigenvalue weighted by Gasteiger charge is 2.15. The molecule has 1 aromatic carbocycles. The van der Waals surface area contributed by atoms with Crippen molar-refractivity contribution in [2.75, 3.05) is 6.61 Å². The van der Waals surface area contributed by atoms with E-state index < -0.39 is 11.9 Å². The minimum Gasteiger partial charge on any atom is -0.508 e. The number of hydrogen-bond donors (Lipinski definition) is 2. The van der Waals surface area contributed by atoms with E-state index in [1.807, 2.05) is 0 Å². The highest BCUT2D eigenvalue weighted by Crippen LogP contribution is 2.23. The molecule has 0 heterocycles. The van der Waals surface area contributed by atoms with Gasteiger partial charge in [-0.15, -0.1) is 0 Å². The lowest BCUT2D eigenvalue weighted by molar-refractivity contribution is -0.137. The Bertz CT molecular complexity index is 583. The van der Waals surface area contributed by atoms with Crippen molar-refractivity contribution in [3.63, 3.8) is 0 Å². The molecule has 0 fully saturated rings. The highest BCUT2D eigenvalue weighted by molar-refractivity contribution is 6.01. The number of benzene rings is 1. The largest absolute Gasteiger partial charge is 0.508 e. The van der Waals surface area contributed by atoms with Crippen molar-refractivity contribution in [3.8, 4) is 11.8 Å². The van der Waals surface area contributed by atoms with Gasteiger partial charge in [-0.25, -0.2) is 9.59 Å². The molecule has 0 aliphatic carbocycles. The van der Waals surface area contributed by atoms with E-state index in [0.29, 0.717) is 0 Å². The number of carbonyl (C=O) groups excluding carboxylic acids is 1. The Hall–Kier alpha value is -2.81. The van der Waals surface area contributed by atoms with Crippen molar-refractivity contribution in [1.29, 1.82) is 5.26 Å². The second kappa shape index (κ2) is 6.21. The van der Waals surface area contributed by atoms with Gasteiger partial charge in [0.2, 0.25) is 0 Å². The van der Waals surface area contributed by atoms with E-state index in [9.17, 15) is 14.7 Å². The maximum Gasteiger partial charge on any atom is 0.336 e. The molecule has 0 aliphatic rings. The van der Waals surface area contributed by atoms with Crippen LogP contribution in [0.1, 0.15) is 22.8 Å². The van der Waals surface area contributed by atoms with Crippen LogP contribution in [0.5, 0.6) is 5.75 Å². The topological polar surface area (TPSA) is 108 Å². The van der Waals surface area contributed by atoms with Crippen molar-refractivity contribution in [3.05, 3.63) is 35.4 Å². The Balaban J connectivity index is 3.31. The zero-order valence-electron chi connectivity index (χ0n) is 10.1. The van der Waals surface area contributed by atoms with E-state index >= 15 is 0 Å². The lowest BCUT2D eigenvalue weighted by atomic mass is 10.00. The first kappa shape index (κ1) is 14.3. The van der Waals surface area contributed by atoms with E-state index in [0.717, 1.165) is 12.1 Å². The first-order valence-corrected chi connectivity index (χ1v) is 5.34. The van der Waals surface area contributed by atoms with Crippen molar-refractivity contribution in [2.24, 2.45) is 0 Å². The van der Waals surface area contributed by atoms with Gasteiger partial charge in [-0.1, -0.05) is 0 Å². The predicted molar refractivity (Wildman–Crippen MR) is 65.3 cm³/mol. The van der Waals surface area contributed by atoms with Crippen molar-refractivity contribution in [1.82, 2.24) is 0 Å². The lowest BCUT2D eigenvalue weighted by Crippen LogP contribution is -2.04. The molecule has 98 valence electrons. The smallest absolute Gasteiger partial charge is 0.336 e. The third-order valence-corrected chi connectivity index (χ3v) is 2.19. The second-order valence-corrected chi connectivity index (χ2v) is 3.46. The Morgan fingerprint density at radius 2 is 2.11 bits per heavy atom. The molecule has 0 unspecified atom stereocenters. The van der Waals surface area contributed by atoms with Crippen LogP contribution in [0.3, 0.4) is 0 Å². The summed E-state index contributed by atoms with van der Waals surface area (Å²) >= 11 is 0. The maximum atomic E-state index is 11.3. The molecule has 0 bridgehead atoms. The Kier molecular flexibility index (Phi) is 4.66. The molecule has 19 heavy (non-hydrogen) atoms. The summed E-state index contributed by atoms with van der Waals surface area (Å²) in [5.41, 5.74) is -0.367. The first-order chi connectivity index (χ1) is 8.99. The molecule has 0 amide bonds. The maximum absolute atomic E-state index is 11.3. The fourth-order valence-electron chi connectivity index (χ4n) is 1.42. The summed E-state index contributed by atoms with van der Waals surface area (Å²) in [4.78, 5) is 22.3. The number of allylic oxidation sites excluding steroid dienone is 1. The quantitative estimate of drug-likeness (QED) is 0.483. The monoisotopic (exact) mass is 261 g/mol. The number of phenols is 1. The molecular formula is C13H11NO5. The van der Waals surface area contributed by atoms with Crippen LogP contribution in [0.2, 0.25) is 0 Å². The van der Waals surface area contributed by atoms with E-state index in [1.54, 1.807) is 13.0 Å². The number of carboxylic acid groups (broad SMARTS) is 1. The average Bonchev–Trinajstić information content (AvgIpc) is 2.36. The standard InChI is InChI=1S/C13H11NO5/c1-2-19-12(16)5-8(7-14)10-4-3-9(15)6-11(10)13(17)18/h3-6,15H,2H2,1H3,(H,17,18). The van der Waals surface area contributed by atoms with Crippen LogP contribution in [0.25, 0.3) is 5.57 Å². The molecule has 1 rings (SSSR count). The Labute approximate surface area is 109 Å². The highest BCUT2D eigenvalue weighted by atomic mass is 16.5. The Morgan fingerprint density at radius 1 is 1.42 bits per heavy atom. The van der Waals surface area contributed by atoms with Crippen molar-refractivity contribution < 1.29 is 24.5 Å². The van der Waals surface area contributed by atoms with Gasteiger partial charge >= 0.3 is 11.9 Å². The van der Waals surface area contributed by atoms with E-state index in [-0.39, 0.29) is 29.1 Å². The summed E-state index contributed by atoms with van der Waals surface area (Å²) in [5.74, 6) is -2.28. The van der Waals surface area contributed by atoms with Crippen LogP contribution in [0.4, 0.5) is 0 Å². The summed E-state index contributed by atoms with van der Waals surface area (Å²) in [7, 11) is 0. The van der Waals surface area contributed by atoms with Gasteiger partial charge in [0, 0.05) is 11.6 Å². The number of aromatic hydroxyl groups is 1. The third-order valence-electron chi connectivity index (χ3n) is 2.19. The fraction of sp³-hybridized carbons (Fsp3) is 0.154. The van der Waals surface area contributed by atoms with Crippen LogP contribution in [0, 0.1) is 11.3 Å². The number of carbonyl (C=O) groups is 2. The SMILES string of the molecule is CCOC(=O)C=C(C#N)c1ccc(O)cc1C(=O)O. The molecule has 6 nitrogen and oxygen atoms in total. The third kappa shape index (κ3) is 3.57. The van der Waals surface area contributed by atoms with Gasteiger partial charge in [-0.2, -0.15) is 5.26 Å². The number of phenolic OH excluding ortho intramolecular Hbond substituents is 1. The normalized spacial score (nSPS) is 10.6. The molecule has 0 atom stereocenters. The molecular weight excluding hydrogens is 250 g/mol. The summed E-state index contributed by atoms with van der Waals surface area (Å²) in [6.07, 6.45) is 0.919. The van der Waals surface area contributed by atoms with E-state index in [1.165, 1.54) is 12.1 Å². The zero-order chi connectivity index (χ0) is 14.4. The molecule has 1 aromatic rings. The summed E-state index contributed by atoms with van der Waals surface area (Å²) in [6.45, 7) is 1.76. The molecule has 0 radical (unpaired) electrons. The van der Waals surface area contributed by atoms with E-state index in [2.05, 4.69) is 4.74 Å². The molecule has 0 spiro atoms. The predicted octanol–water partition coefficient (Wildman–Crippen LogP) is 1.56. The van der Waals surface area contributed by atoms with Crippen LogP contribution in [-0.2, 0) is 9.53 Å². The zero-order valence-corrected chi connectivity index (χ0v) is 10.1. The minimum atomic E-state index is -1.31. The summed E-state index contributed by atoms with van der Waals surface area (Å²) in [6, 6.07) is 5.24. The van der Waals surface area contributed by atoms with E-state index in [4.69, 9.17) is 10.4 Å². The molecule has 0 aliphatic heterocycles. The number of esters is 1. The Morgan fingerprint density at radius 3 is 2.63 bits per heavy atom. The number of hydrogen-bond acceptors (Lipinski definition) is 5. The van der Waals surface area contributed by atoms with Crippen LogP contribution in [-0.4, -0.2) is 28.8 Å².